The lowest BCUT2D eigenvalue weighted by Crippen LogP contribution is -2.45. The molecule has 0 aromatic heterocycles. The summed E-state index contributed by atoms with van der Waals surface area (Å²) in [4.78, 5) is 13.8. The van der Waals surface area contributed by atoms with Gasteiger partial charge in [-0.3, -0.25) is 4.79 Å². The summed E-state index contributed by atoms with van der Waals surface area (Å²) in [6, 6.07) is 7.29. The summed E-state index contributed by atoms with van der Waals surface area (Å²) < 4.78 is 100. The summed E-state index contributed by atoms with van der Waals surface area (Å²) in [5.41, 5.74) is -2.29. The second-order valence-corrected chi connectivity index (χ2v) is 11.2. The summed E-state index contributed by atoms with van der Waals surface area (Å²) in [5.74, 6) is -1.96. The van der Waals surface area contributed by atoms with E-state index in [1.807, 2.05) is 6.92 Å². The summed E-state index contributed by atoms with van der Waals surface area (Å²) in [6.45, 7) is 5.06. The Morgan fingerprint density at radius 1 is 1.00 bits per heavy atom. The number of rotatable bonds is 7. The number of piperidine rings is 1. The molecule has 1 aliphatic carbocycles. The van der Waals surface area contributed by atoms with E-state index in [2.05, 4.69) is 4.90 Å². The molecule has 4 rings (SSSR count). The zero-order chi connectivity index (χ0) is 29.4. The summed E-state index contributed by atoms with van der Waals surface area (Å²) >= 11 is 0. The Morgan fingerprint density at radius 3 is 2.15 bits per heavy atom. The van der Waals surface area contributed by atoms with Gasteiger partial charge in [0.15, 0.2) is 0 Å². The first-order valence-electron chi connectivity index (χ1n) is 13.3. The SMILES string of the molecule is C[C@@H]1C[C@H](C(=O)O)CN(C[C@@H]2CC[C@H](O[C@H](C)c3cc(C(F)(F)F)cc(C(F)(F)F)c3)[C@H]2c2ccc(F)cc2)C1. The smallest absolute Gasteiger partial charge is 0.416 e. The lowest BCUT2D eigenvalue weighted by molar-refractivity contribution is -0.145. The normalized spacial score (nSPS) is 27.1. The number of aliphatic carboxylic acids is 1. The Balaban J connectivity index is 1.60. The average molecular weight is 576 g/mol. The van der Waals surface area contributed by atoms with E-state index in [0.717, 1.165) is 5.56 Å². The second kappa shape index (κ2) is 11.7. The predicted octanol–water partition coefficient (Wildman–Crippen LogP) is 7.55. The van der Waals surface area contributed by atoms with Crippen LogP contribution in [0.15, 0.2) is 42.5 Å². The molecular weight excluding hydrogens is 543 g/mol. The van der Waals surface area contributed by atoms with E-state index in [1.165, 1.54) is 19.1 Å². The molecule has 0 spiro atoms. The van der Waals surface area contributed by atoms with Gasteiger partial charge in [0.2, 0.25) is 0 Å². The van der Waals surface area contributed by atoms with Crippen LogP contribution in [-0.2, 0) is 21.9 Å². The van der Waals surface area contributed by atoms with E-state index >= 15 is 0 Å². The van der Waals surface area contributed by atoms with E-state index in [0.29, 0.717) is 51.0 Å². The number of nitrogens with zero attached hydrogens (tertiary/aromatic N) is 1. The van der Waals surface area contributed by atoms with Crippen molar-refractivity contribution in [3.63, 3.8) is 0 Å². The van der Waals surface area contributed by atoms with Crippen LogP contribution in [0.3, 0.4) is 0 Å². The summed E-state index contributed by atoms with van der Waals surface area (Å²) in [5, 5.41) is 9.56. The van der Waals surface area contributed by atoms with Crippen molar-refractivity contribution in [2.75, 3.05) is 19.6 Å². The number of hydrogen-bond donors (Lipinski definition) is 1. The molecule has 0 radical (unpaired) electrons. The predicted molar refractivity (Wildman–Crippen MR) is 133 cm³/mol. The summed E-state index contributed by atoms with van der Waals surface area (Å²) in [7, 11) is 0. The zero-order valence-electron chi connectivity index (χ0n) is 22.1. The number of carbonyl (C=O) groups is 1. The van der Waals surface area contributed by atoms with Crippen LogP contribution in [0.2, 0.25) is 0 Å². The number of likely N-dealkylation sites (tertiary alicyclic amines) is 1. The van der Waals surface area contributed by atoms with Gasteiger partial charge in [0.05, 0.1) is 29.3 Å². The monoisotopic (exact) mass is 575 g/mol. The first-order valence-corrected chi connectivity index (χ1v) is 13.3. The third-order valence-electron chi connectivity index (χ3n) is 8.02. The van der Waals surface area contributed by atoms with Crippen LogP contribution in [0.1, 0.15) is 67.4 Å². The number of benzene rings is 2. The van der Waals surface area contributed by atoms with Crippen LogP contribution in [0.4, 0.5) is 30.7 Å². The lowest BCUT2D eigenvalue weighted by atomic mass is 9.85. The molecule has 1 N–H and O–H groups in total. The molecule has 0 amide bonds. The van der Waals surface area contributed by atoms with Crippen molar-refractivity contribution in [1.82, 2.24) is 4.90 Å². The van der Waals surface area contributed by atoms with Crippen molar-refractivity contribution in [2.24, 2.45) is 17.8 Å². The van der Waals surface area contributed by atoms with Gasteiger partial charge in [0.1, 0.15) is 5.82 Å². The fourth-order valence-corrected chi connectivity index (χ4v) is 6.25. The lowest BCUT2D eigenvalue weighted by Gasteiger charge is -2.38. The second-order valence-electron chi connectivity index (χ2n) is 11.2. The molecule has 6 atom stereocenters. The first-order chi connectivity index (χ1) is 18.6. The molecule has 11 heteroatoms. The van der Waals surface area contributed by atoms with Gasteiger partial charge >= 0.3 is 18.3 Å². The Bertz CT molecular complexity index is 1150. The molecule has 2 aromatic rings. The van der Waals surface area contributed by atoms with Crippen LogP contribution in [0.5, 0.6) is 0 Å². The van der Waals surface area contributed by atoms with E-state index in [4.69, 9.17) is 4.74 Å². The van der Waals surface area contributed by atoms with Gasteiger partial charge in [0.25, 0.3) is 0 Å². The van der Waals surface area contributed by atoms with Crippen LogP contribution >= 0.6 is 0 Å². The van der Waals surface area contributed by atoms with Crippen molar-refractivity contribution < 1.29 is 45.4 Å². The minimum absolute atomic E-state index is 0.0327. The summed E-state index contributed by atoms with van der Waals surface area (Å²) in [6.07, 6.45) is -9.84. The average Bonchev–Trinajstić information content (AvgIpc) is 3.24. The van der Waals surface area contributed by atoms with Crippen LogP contribution in [0, 0.1) is 23.6 Å². The highest BCUT2D eigenvalue weighted by atomic mass is 19.4. The molecule has 2 fully saturated rings. The number of alkyl halides is 6. The number of carboxylic acids is 1. The highest BCUT2D eigenvalue weighted by molar-refractivity contribution is 5.70. The molecule has 1 saturated carbocycles. The molecule has 0 bridgehead atoms. The van der Waals surface area contributed by atoms with E-state index in [9.17, 15) is 40.6 Å². The van der Waals surface area contributed by atoms with Gasteiger partial charge in [-0.1, -0.05) is 19.1 Å². The topological polar surface area (TPSA) is 49.8 Å². The van der Waals surface area contributed by atoms with E-state index < -0.39 is 53.4 Å². The van der Waals surface area contributed by atoms with Gasteiger partial charge in [-0.15, -0.1) is 0 Å². The molecule has 2 aliphatic rings. The molecule has 1 saturated heterocycles. The molecule has 2 aromatic carbocycles. The third-order valence-corrected chi connectivity index (χ3v) is 8.02. The van der Waals surface area contributed by atoms with Crippen molar-refractivity contribution in [1.29, 1.82) is 0 Å². The number of halogens is 7. The van der Waals surface area contributed by atoms with E-state index in [-0.39, 0.29) is 29.4 Å². The maximum Gasteiger partial charge on any atom is 0.416 e. The molecule has 220 valence electrons. The van der Waals surface area contributed by atoms with Gasteiger partial charge in [-0.05, 0) is 79.5 Å². The van der Waals surface area contributed by atoms with Gasteiger partial charge < -0.3 is 14.7 Å². The Labute approximate surface area is 228 Å². The Morgan fingerprint density at radius 2 is 1.60 bits per heavy atom. The van der Waals surface area contributed by atoms with Crippen molar-refractivity contribution in [3.05, 3.63) is 70.5 Å². The fraction of sp³-hybridized carbons (Fsp3) is 0.552. The number of hydrogen-bond acceptors (Lipinski definition) is 3. The van der Waals surface area contributed by atoms with Crippen LogP contribution in [-0.4, -0.2) is 41.7 Å². The zero-order valence-corrected chi connectivity index (χ0v) is 22.1. The Kier molecular flexibility index (Phi) is 8.85. The largest absolute Gasteiger partial charge is 0.481 e. The maximum atomic E-state index is 13.7. The number of ether oxygens (including phenoxy) is 1. The van der Waals surface area contributed by atoms with E-state index in [1.54, 1.807) is 12.1 Å². The maximum absolute atomic E-state index is 13.7. The third kappa shape index (κ3) is 7.15. The van der Waals surface area contributed by atoms with Crippen molar-refractivity contribution in [2.45, 2.75) is 63.6 Å². The fourth-order valence-electron chi connectivity index (χ4n) is 6.25. The standard InChI is InChI=1S/C29H32F7NO3/c1-16-9-21(27(38)39)15-37(13-16)14-19-5-8-25(26(19)18-3-6-24(30)7-4-18)40-17(2)20-10-22(28(31,32)33)12-23(11-20)29(34,35)36/h3-4,6-7,10-12,16-17,19,21,25-26H,5,8-9,13-15H2,1-2H3,(H,38,39)/t16-,17-,19+,21+,25+,26+/m1/s1. The van der Waals surface area contributed by atoms with Crippen LogP contribution < -0.4 is 0 Å². The molecule has 4 nitrogen and oxygen atoms in total. The van der Waals surface area contributed by atoms with Gasteiger partial charge in [0, 0.05) is 25.6 Å². The Hall–Kier alpha value is -2.66. The van der Waals surface area contributed by atoms with Gasteiger partial charge in [-0.25, -0.2) is 4.39 Å². The number of carboxylic acid groups (broad SMARTS) is 1. The van der Waals surface area contributed by atoms with Crippen LogP contribution in [0.25, 0.3) is 0 Å². The highest BCUT2D eigenvalue weighted by Crippen LogP contribution is 2.45. The molecule has 40 heavy (non-hydrogen) atoms. The molecule has 1 heterocycles. The highest BCUT2D eigenvalue weighted by Gasteiger charge is 2.42. The first kappa shape index (κ1) is 30.3. The minimum atomic E-state index is -4.97. The van der Waals surface area contributed by atoms with Gasteiger partial charge in [-0.2, -0.15) is 26.3 Å². The van der Waals surface area contributed by atoms with Crippen molar-refractivity contribution in [3.8, 4) is 0 Å². The van der Waals surface area contributed by atoms with Crippen molar-refractivity contribution >= 4 is 5.97 Å². The minimum Gasteiger partial charge on any atom is -0.481 e. The molecule has 0 unspecified atom stereocenters. The molecule has 1 aliphatic heterocycles. The molecular formula is C29H32F7NO3. The quantitative estimate of drug-likeness (QED) is 0.347.